The first-order valence-electron chi connectivity index (χ1n) is 10.8. The van der Waals surface area contributed by atoms with Gasteiger partial charge < -0.3 is 9.13 Å². The molecular weight excluding hydrogens is 404 g/mol. The van der Waals surface area contributed by atoms with E-state index in [-0.39, 0.29) is 11.6 Å². The average Bonchev–Trinajstić information content (AvgIpc) is 3.27. The van der Waals surface area contributed by atoms with E-state index in [1.807, 2.05) is 34.6 Å². The van der Waals surface area contributed by atoms with Gasteiger partial charge in [-0.25, -0.2) is 9.36 Å². The van der Waals surface area contributed by atoms with Gasteiger partial charge in [0, 0.05) is 41.1 Å². The highest BCUT2D eigenvalue weighted by Gasteiger charge is 2.26. The molecule has 5 nitrogen and oxygen atoms in total. The molecule has 0 saturated heterocycles. The summed E-state index contributed by atoms with van der Waals surface area (Å²) in [5.74, 6) is 0.591. The Balaban J connectivity index is 1.50. The quantitative estimate of drug-likeness (QED) is 0.423. The number of imidazole rings is 1. The van der Waals surface area contributed by atoms with E-state index in [0.29, 0.717) is 12.3 Å². The highest BCUT2D eigenvalue weighted by Crippen LogP contribution is 2.40. The van der Waals surface area contributed by atoms with E-state index in [2.05, 4.69) is 53.7 Å². The molecule has 0 aliphatic heterocycles. The molecule has 158 valence electrons. The molecule has 0 N–H and O–H groups in total. The molecule has 0 spiro atoms. The molecule has 6 heteroatoms. The van der Waals surface area contributed by atoms with Gasteiger partial charge in [0.05, 0.1) is 18.1 Å². The van der Waals surface area contributed by atoms with Crippen LogP contribution in [0, 0.1) is 13.8 Å². The number of aryl methyl sites for hydroxylation is 2. The average molecular weight is 431 g/mol. The fourth-order valence-corrected chi connectivity index (χ4v) is 4.84. The Kier molecular flexibility index (Phi) is 5.10. The van der Waals surface area contributed by atoms with Crippen LogP contribution in [0.15, 0.2) is 60.0 Å². The number of nitrogens with zero attached hydrogens (tertiary/aromatic N) is 4. The van der Waals surface area contributed by atoms with Crippen LogP contribution in [0.25, 0.3) is 5.69 Å². The number of aromatic nitrogens is 4. The first-order chi connectivity index (χ1) is 15.0. The highest BCUT2D eigenvalue weighted by molar-refractivity contribution is 7.05. The van der Waals surface area contributed by atoms with Gasteiger partial charge >= 0.3 is 0 Å². The third-order valence-corrected chi connectivity index (χ3v) is 7.03. The van der Waals surface area contributed by atoms with Gasteiger partial charge in [0.2, 0.25) is 0 Å². The Morgan fingerprint density at radius 1 is 1.16 bits per heavy atom. The Labute approximate surface area is 186 Å². The molecule has 1 fully saturated rings. The molecule has 1 atom stereocenters. The lowest BCUT2D eigenvalue weighted by atomic mass is 10.0. The fraction of sp³-hybridized carbons (Fsp3) is 0.320. The van der Waals surface area contributed by atoms with Crippen molar-refractivity contribution in [2.75, 3.05) is 0 Å². The topological polar surface area (TPSA) is 52.7 Å². The summed E-state index contributed by atoms with van der Waals surface area (Å²) in [5, 5.41) is 0. The number of rotatable bonds is 6. The molecule has 1 aromatic carbocycles. The lowest BCUT2D eigenvalue weighted by Crippen LogP contribution is -2.27. The smallest absolute Gasteiger partial charge is 0.254 e. The van der Waals surface area contributed by atoms with Crippen LogP contribution in [0.2, 0.25) is 0 Å². The maximum atomic E-state index is 13.4. The molecular formula is C25H26N4OS. The third kappa shape index (κ3) is 4.00. The summed E-state index contributed by atoms with van der Waals surface area (Å²) >= 11 is 1.46. The second-order valence-electron chi connectivity index (χ2n) is 8.60. The SMILES string of the molecule is Cc1cn(-c2ccc(Cc3cc(C4CC4)cn([C@@H](C)c4ccns4)c3=O)cc2C)cn1. The van der Waals surface area contributed by atoms with Crippen LogP contribution in [-0.4, -0.2) is 18.5 Å². The first-order valence-corrected chi connectivity index (χ1v) is 11.5. The van der Waals surface area contributed by atoms with E-state index < -0.39 is 0 Å². The van der Waals surface area contributed by atoms with Crippen molar-refractivity contribution in [1.82, 2.24) is 18.5 Å². The minimum atomic E-state index is -0.00829. The number of pyridine rings is 1. The van der Waals surface area contributed by atoms with Crippen molar-refractivity contribution in [2.24, 2.45) is 0 Å². The third-order valence-electron chi connectivity index (χ3n) is 6.12. The zero-order valence-corrected chi connectivity index (χ0v) is 18.9. The van der Waals surface area contributed by atoms with E-state index in [1.54, 1.807) is 6.20 Å². The first kappa shape index (κ1) is 19.9. The van der Waals surface area contributed by atoms with Crippen molar-refractivity contribution in [3.05, 3.63) is 98.4 Å². The standard InChI is InChI=1S/C25H26N4OS/c1-16-10-19(4-7-23(16)28-13-17(2)26-15-28)11-21-12-22(20-5-6-20)14-29(25(21)30)18(3)24-8-9-27-31-24/h4,7-10,12-15,18,20H,5-6,11H2,1-3H3/t18-/m0/s1. The second-order valence-corrected chi connectivity index (χ2v) is 9.46. The van der Waals surface area contributed by atoms with Gasteiger partial charge in [0.15, 0.2) is 0 Å². The van der Waals surface area contributed by atoms with Gasteiger partial charge in [-0.3, -0.25) is 4.79 Å². The van der Waals surface area contributed by atoms with E-state index in [1.165, 1.54) is 35.5 Å². The predicted molar refractivity (Wildman–Crippen MR) is 124 cm³/mol. The van der Waals surface area contributed by atoms with Crippen molar-refractivity contribution in [3.8, 4) is 5.69 Å². The van der Waals surface area contributed by atoms with Crippen LogP contribution in [0.4, 0.5) is 0 Å². The van der Waals surface area contributed by atoms with Crippen LogP contribution in [0.1, 0.15) is 64.6 Å². The Hall–Kier alpha value is -2.99. The molecule has 0 amide bonds. The zero-order valence-electron chi connectivity index (χ0n) is 18.1. The molecule has 31 heavy (non-hydrogen) atoms. The van der Waals surface area contributed by atoms with Gasteiger partial charge in [0.1, 0.15) is 0 Å². The monoisotopic (exact) mass is 430 g/mol. The van der Waals surface area contributed by atoms with E-state index in [9.17, 15) is 4.79 Å². The van der Waals surface area contributed by atoms with E-state index in [0.717, 1.165) is 27.4 Å². The lowest BCUT2D eigenvalue weighted by Gasteiger charge is -2.17. The summed E-state index contributed by atoms with van der Waals surface area (Å²) in [4.78, 5) is 18.9. The van der Waals surface area contributed by atoms with Crippen LogP contribution in [0.3, 0.4) is 0 Å². The molecule has 5 rings (SSSR count). The molecule has 3 heterocycles. The molecule has 4 aromatic rings. The maximum absolute atomic E-state index is 13.4. The molecule has 1 aliphatic carbocycles. The van der Waals surface area contributed by atoms with Crippen LogP contribution in [0.5, 0.6) is 0 Å². The van der Waals surface area contributed by atoms with Gasteiger partial charge in [-0.15, -0.1) is 0 Å². The number of hydrogen-bond acceptors (Lipinski definition) is 4. The Morgan fingerprint density at radius 3 is 2.65 bits per heavy atom. The zero-order chi connectivity index (χ0) is 21.5. The molecule has 1 aliphatic rings. The van der Waals surface area contributed by atoms with Crippen molar-refractivity contribution >= 4 is 11.5 Å². The summed E-state index contributed by atoms with van der Waals surface area (Å²) in [6.45, 7) is 6.19. The lowest BCUT2D eigenvalue weighted by molar-refractivity contribution is 0.614. The van der Waals surface area contributed by atoms with Gasteiger partial charge in [-0.05, 0) is 86.0 Å². The Bertz CT molecular complexity index is 1280. The van der Waals surface area contributed by atoms with Crippen LogP contribution >= 0.6 is 11.5 Å². The van der Waals surface area contributed by atoms with E-state index >= 15 is 0 Å². The number of hydrogen-bond donors (Lipinski definition) is 0. The molecule has 0 unspecified atom stereocenters. The van der Waals surface area contributed by atoms with Crippen LogP contribution < -0.4 is 5.56 Å². The van der Waals surface area contributed by atoms with Gasteiger partial charge in [0.25, 0.3) is 5.56 Å². The van der Waals surface area contributed by atoms with Crippen LogP contribution in [-0.2, 0) is 6.42 Å². The highest BCUT2D eigenvalue weighted by atomic mass is 32.1. The second kappa shape index (κ2) is 7.93. The minimum absolute atomic E-state index is 0.00829. The largest absolute Gasteiger partial charge is 0.307 e. The summed E-state index contributed by atoms with van der Waals surface area (Å²) in [6.07, 6.45) is 10.8. The van der Waals surface area contributed by atoms with Gasteiger partial charge in [-0.2, -0.15) is 0 Å². The predicted octanol–water partition coefficient (Wildman–Crippen LogP) is 5.18. The Morgan fingerprint density at radius 2 is 2.00 bits per heavy atom. The summed E-state index contributed by atoms with van der Waals surface area (Å²) in [5.41, 5.74) is 6.69. The fourth-order valence-electron chi connectivity index (χ4n) is 4.21. The molecule has 0 radical (unpaired) electrons. The maximum Gasteiger partial charge on any atom is 0.254 e. The van der Waals surface area contributed by atoms with Crippen molar-refractivity contribution in [3.63, 3.8) is 0 Å². The summed E-state index contributed by atoms with van der Waals surface area (Å²) in [7, 11) is 0. The summed E-state index contributed by atoms with van der Waals surface area (Å²) in [6, 6.07) is 10.6. The summed E-state index contributed by atoms with van der Waals surface area (Å²) < 4.78 is 8.18. The van der Waals surface area contributed by atoms with E-state index in [4.69, 9.17) is 0 Å². The number of benzene rings is 1. The molecule has 1 saturated carbocycles. The molecule has 3 aromatic heterocycles. The molecule has 0 bridgehead atoms. The minimum Gasteiger partial charge on any atom is -0.307 e. The van der Waals surface area contributed by atoms with Gasteiger partial charge in [-0.1, -0.05) is 12.1 Å². The normalized spacial score (nSPS) is 14.7. The van der Waals surface area contributed by atoms with Crippen molar-refractivity contribution in [1.29, 1.82) is 0 Å². The van der Waals surface area contributed by atoms with Crippen molar-refractivity contribution < 1.29 is 0 Å². The van der Waals surface area contributed by atoms with Crippen molar-refractivity contribution in [2.45, 2.75) is 52.0 Å².